The maximum atomic E-state index is 9.15. The van der Waals surface area contributed by atoms with Gasteiger partial charge in [0.05, 0.1) is 19.3 Å². The maximum absolute atomic E-state index is 9.15. The van der Waals surface area contributed by atoms with Crippen molar-refractivity contribution in [3.63, 3.8) is 0 Å². The van der Waals surface area contributed by atoms with Crippen molar-refractivity contribution in [2.45, 2.75) is 32.8 Å². The molecule has 2 N–H and O–H groups in total. The van der Waals surface area contributed by atoms with Crippen molar-refractivity contribution < 1.29 is 9.84 Å². The van der Waals surface area contributed by atoms with Gasteiger partial charge < -0.3 is 15.2 Å². The number of rotatable bonds is 7. The molecule has 4 heteroatoms. The van der Waals surface area contributed by atoms with Gasteiger partial charge in [-0.3, -0.25) is 4.90 Å². The molecule has 1 aliphatic heterocycles. The highest BCUT2D eigenvalue weighted by molar-refractivity contribution is 4.82. The summed E-state index contributed by atoms with van der Waals surface area (Å²) in [4.78, 5) is 2.43. The molecule has 0 aliphatic carbocycles. The molecule has 102 valence electrons. The largest absolute Gasteiger partial charge is 0.394 e. The van der Waals surface area contributed by atoms with Gasteiger partial charge in [0, 0.05) is 26.2 Å². The minimum Gasteiger partial charge on any atom is -0.394 e. The van der Waals surface area contributed by atoms with Gasteiger partial charge in [0.15, 0.2) is 0 Å². The number of hydrogen-bond acceptors (Lipinski definition) is 4. The first kappa shape index (κ1) is 14.9. The van der Waals surface area contributed by atoms with Crippen LogP contribution >= 0.6 is 0 Å². The van der Waals surface area contributed by atoms with Gasteiger partial charge in [-0.15, -0.1) is 0 Å². The second-order valence-corrected chi connectivity index (χ2v) is 5.50. The van der Waals surface area contributed by atoms with E-state index < -0.39 is 0 Å². The predicted molar refractivity (Wildman–Crippen MR) is 70.2 cm³/mol. The molecule has 17 heavy (non-hydrogen) atoms. The SMILES string of the molecule is CCCC(C)(CNC)CN1CCOC(CO)C1. The van der Waals surface area contributed by atoms with Crippen LogP contribution in [0.1, 0.15) is 26.7 Å². The smallest absolute Gasteiger partial charge is 0.0932 e. The summed E-state index contributed by atoms with van der Waals surface area (Å²) in [6.45, 7) is 9.43. The van der Waals surface area contributed by atoms with E-state index in [2.05, 4.69) is 24.1 Å². The van der Waals surface area contributed by atoms with Gasteiger partial charge in [0.25, 0.3) is 0 Å². The number of morpholine rings is 1. The third kappa shape index (κ3) is 4.92. The monoisotopic (exact) mass is 244 g/mol. The lowest BCUT2D eigenvalue weighted by atomic mass is 9.84. The summed E-state index contributed by atoms with van der Waals surface area (Å²) in [6.07, 6.45) is 2.45. The van der Waals surface area contributed by atoms with E-state index in [0.29, 0.717) is 5.41 Å². The van der Waals surface area contributed by atoms with E-state index >= 15 is 0 Å². The van der Waals surface area contributed by atoms with E-state index in [4.69, 9.17) is 9.84 Å². The Morgan fingerprint density at radius 1 is 1.53 bits per heavy atom. The number of aliphatic hydroxyl groups is 1. The number of aliphatic hydroxyl groups excluding tert-OH is 1. The van der Waals surface area contributed by atoms with Crippen LogP contribution < -0.4 is 5.32 Å². The van der Waals surface area contributed by atoms with Crippen molar-refractivity contribution in [3.05, 3.63) is 0 Å². The molecule has 4 nitrogen and oxygen atoms in total. The lowest BCUT2D eigenvalue weighted by Gasteiger charge is -2.39. The molecular formula is C13H28N2O2. The summed E-state index contributed by atoms with van der Waals surface area (Å²) in [5, 5.41) is 12.5. The molecule has 0 aromatic rings. The molecule has 1 saturated heterocycles. The molecule has 0 spiro atoms. The first-order valence-corrected chi connectivity index (χ1v) is 6.73. The number of nitrogens with one attached hydrogen (secondary N) is 1. The fourth-order valence-corrected chi connectivity index (χ4v) is 2.83. The van der Waals surface area contributed by atoms with Gasteiger partial charge in [0.2, 0.25) is 0 Å². The molecule has 1 heterocycles. The zero-order valence-electron chi connectivity index (χ0n) is 11.5. The molecule has 1 fully saturated rings. The first-order chi connectivity index (χ1) is 8.13. The lowest BCUT2D eigenvalue weighted by Crippen LogP contribution is -2.49. The highest BCUT2D eigenvalue weighted by Gasteiger charge is 2.28. The van der Waals surface area contributed by atoms with Gasteiger partial charge in [-0.05, 0) is 18.9 Å². The molecule has 1 rings (SSSR count). The quantitative estimate of drug-likeness (QED) is 0.692. The van der Waals surface area contributed by atoms with Crippen molar-refractivity contribution >= 4 is 0 Å². The Labute approximate surface area is 105 Å². The third-order valence-corrected chi connectivity index (χ3v) is 3.49. The molecule has 0 aromatic heterocycles. The maximum Gasteiger partial charge on any atom is 0.0932 e. The Morgan fingerprint density at radius 2 is 2.29 bits per heavy atom. The van der Waals surface area contributed by atoms with Crippen LogP contribution in [0.4, 0.5) is 0 Å². The highest BCUT2D eigenvalue weighted by Crippen LogP contribution is 2.24. The van der Waals surface area contributed by atoms with Gasteiger partial charge in [-0.1, -0.05) is 20.3 Å². The summed E-state index contributed by atoms with van der Waals surface area (Å²) in [5.74, 6) is 0. The van der Waals surface area contributed by atoms with E-state index in [1.807, 2.05) is 7.05 Å². The Hall–Kier alpha value is -0.160. The van der Waals surface area contributed by atoms with E-state index in [-0.39, 0.29) is 12.7 Å². The van der Waals surface area contributed by atoms with Crippen LogP contribution in [0.3, 0.4) is 0 Å². The molecule has 2 atom stereocenters. The van der Waals surface area contributed by atoms with Crippen molar-refractivity contribution in [2.24, 2.45) is 5.41 Å². The van der Waals surface area contributed by atoms with E-state index in [1.54, 1.807) is 0 Å². The average Bonchev–Trinajstić information content (AvgIpc) is 2.29. The van der Waals surface area contributed by atoms with Crippen LogP contribution in [0.15, 0.2) is 0 Å². The fourth-order valence-electron chi connectivity index (χ4n) is 2.83. The summed E-state index contributed by atoms with van der Waals surface area (Å²) >= 11 is 0. The normalized spacial score (nSPS) is 25.8. The van der Waals surface area contributed by atoms with Crippen molar-refractivity contribution in [1.82, 2.24) is 10.2 Å². The average molecular weight is 244 g/mol. The second-order valence-electron chi connectivity index (χ2n) is 5.50. The first-order valence-electron chi connectivity index (χ1n) is 6.73. The Kier molecular flexibility index (Phi) is 6.41. The minimum atomic E-state index is 0.00390. The minimum absolute atomic E-state index is 0.00390. The number of ether oxygens (including phenoxy) is 1. The summed E-state index contributed by atoms with van der Waals surface area (Å²) in [7, 11) is 2.02. The van der Waals surface area contributed by atoms with Crippen molar-refractivity contribution in [1.29, 1.82) is 0 Å². The van der Waals surface area contributed by atoms with Crippen LogP contribution in [-0.4, -0.2) is 62.6 Å². The topological polar surface area (TPSA) is 44.7 Å². The zero-order valence-corrected chi connectivity index (χ0v) is 11.5. The van der Waals surface area contributed by atoms with Gasteiger partial charge in [-0.2, -0.15) is 0 Å². The summed E-state index contributed by atoms with van der Waals surface area (Å²) < 4.78 is 5.48. The van der Waals surface area contributed by atoms with Crippen molar-refractivity contribution in [2.75, 3.05) is 46.4 Å². The molecule has 1 aliphatic rings. The van der Waals surface area contributed by atoms with Crippen LogP contribution in [-0.2, 0) is 4.74 Å². The Bertz CT molecular complexity index is 206. The molecule has 0 radical (unpaired) electrons. The van der Waals surface area contributed by atoms with Crippen molar-refractivity contribution in [3.8, 4) is 0 Å². The Balaban J connectivity index is 2.48. The van der Waals surface area contributed by atoms with Gasteiger partial charge >= 0.3 is 0 Å². The number of nitrogens with zero attached hydrogens (tertiary/aromatic N) is 1. The van der Waals surface area contributed by atoms with E-state index in [0.717, 1.165) is 32.8 Å². The van der Waals surface area contributed by atoms with Crippen LogP contribution in [0, 0.1) is 5.41 Å². The van der Waals surface area contributed by atoms with Gasteiger partial charge in [-0.25, -0.2) is 0 Å². The predicted octanol–water partition coefficient (Wildman–Crippen LogP) is 0.705. The zero-order chi connectivity index (χ0) is 12.7. The molecule has 0 saturated carbocycles. The van der Waals surface area contributed by atoms with Crippen LogP contribution in [0.5, 0.6) is 0 Å². The van der Waals surface area contributed by atoms with Crippen LogP contribution in [0.2, 0.25) is 0 Å². The lowest BCUT2D eigenvalue weighted by molar-refractivity contribution is -0.0619. The molecular weight excluding hydrogens is 216 g/mol. The molecule has 0 bridgehead atoms. The highest BCUT2D eigenvalue weighted by atomic mass is 16.5. The molecule has 0 aromatic carbocycles. The Morgan fingerprint density at radius 3 is 2.88 bits per heavy atom. The molecule has 2 unspecified atom stereocenters. The molecule has 0 amide bonds. The van der Waals surface area contributed by atoms with E-state index in [1.165, 1.54) is 12.8 Å². The summed E-state index contributed by atoms with van der Waals surface area (Å²) in [5.41, 5.74) is 0.320. The number of hydrogen-bond donors (Lipinski definition) is 2. The van der Waals surface area contributed by atoms with E-state index in [9.17, 15) is 0 Å². The summed E-state index contributed by atoms with van der Waals surface area (Å²) in [6, 6.07) is 0. The second kappa shape index (κ2) is 7.31. The standard InChI is InChI=1S/C13H28N2O2/c1-4-5-13(2,10-14-3)11-15-6-7-17-12(8-15)9-16/h12,14,16H,4-11H2,1-3H3. The van der Waals surface area contributed by atoms with Gasteiger partial charge in [0.1, 0.15) is 0 Å². The van der Waals surface area contributed by atoms with Crippen LogP contribution in [0.25, 0.3) is 0 Å². The fraction of sp³-hybridized carbons (Fsp3) is 1.00. The third-order valence-electron chi connectivity index (χ3n) is 3.49.